The molecule has 0 heterocycles. The lowest BCUT2D eigenvalue weighted by atomic mass is 9.43. The van der Waals surface area contributed by atoms with Crippen molar-refractivity contribution in [3.63, 3.8) is 0 Å². The second kappa shape index (κ2) is 8.87. The van der Waals surface area contributed by atoms with Crippen molar-refractivity contribution in [2.75, 3.05) is 40.8 Å². The van der Waals surface area contributed by atoms with Gasteiger partial charge < -0.3 is 15.1 Å². The van der Waals surface area contributed by atoms with Crippen molar-refractivity contribution < 1.29 is 15.1 Å². The molecule has 0 aromatic carbocycles. The summed E-state index contributed by atoms with van der Waals surface area (Å²) in [5.74, 6) is 2.19. The molecule has 4 saturated carbocycles. The predicted molar refractivity (Wildman–Crippen MR) is 124 cm³/mol. The summed E-state index contributed by atoms with van der Waals surface area (Å²) in [5.41, 5.74) is -0.229. The quantitative estimate of drug-likeness (QED) is 0.468. The summed E-state index contributed by atoms with van der Waals surface area (Å²) in [5, 5.41) is 24.6. The lowest BCUT2D eigenvalue weighted by Gasteiger charge is -2.63. The van der Waals surface area contributed by atoms with Gasteiger partial charge in [0, 0.05) is 19.0 Å². The molecule has 4 fully saturated rings. The summed E-state index contributed by atoms with van der Waals surface area (Å²) < 4.78 is 0. The maximum atomic E-state index is 12.3. The Morgan fingerprint density at radius 3 is 2.45 bits per heavy atom. The van der Waals surface area contributed by atoms with E-state index < -0.39 is 5.60 Å². The number of fused-ring (bicyclic) bond motifs is 5. The highest BCUT2D eigenvalue weighted by Gasteiger charge is 2.67. The van der Waals surface area contributed by atoms with Crippen molar-refractivity contribution in [3.05, 3.63) is 0 Å². The first-order valence-corrected chi connectivity index (χ1v) is 13.0. The summed E-state index contributed by atoms with van der Waals surface area (Å²) >= 11 is 0. The van der Waals surface area contributed by atoms with Gasteiger partial charge in [-0.3, -0.25) is 4.84 Å². The Labute approximate surface area is 190 Å². The van der Waals surface area contributed by atoms with Crippen LogP contribution in [-0.4, -0.2) is 72.7 Å². The molecule has 180 valence electrons. The number of hydrogen-bond acceptors (Lipinski definition) is 5. The smallest absolute Gasteiger partial charge is 0.0735 e. The third kappa shape index (κ3) is 4.12. The molecule has 0 aromatic rings. The van der Waals surface area contributed by atoms with Gasteiger partial charge in [-0.2, -0.15) is 5.06 Å². The molecule has 0 spiro atoms. The molecule has 0 saturated heterocycles. The molecule has 0 bridgehead atoms. The minimum absolute atomic E-state index is 0.00714. The third-order valence-electron chi connectivity index (χ3n) is 10.6. The van der Waals surface area contributed by atoms with Crippen LogP contribution in [0.5, 0.6) is 0 Å². The molecule has 31 heavy (non-hydrogen) atoms. The van der Waals surface area contributed by atoms with Crippen LogP contribution in [-0.2, 0) is 4.84 Å². The van der Waals surface area contributed by atoms with Gasteiger partial charge in [-0.1, -0.05) is 13.8 Å². The molecule has 4 rings (SSSR count). The van der Waals surface area contributed by atoms with Crippen molar-refractivity contribution in [2.24, 2.45) is 34.5 Å². The Kier molecular flexibility index (Phi) is 6.85. The van der Waals surface area contributed by atoms with Gasteiger partial charge in [-0.25, -0.2) is 0 Å². The average Bonchev–Trinajstić information content (AvgIpc) is 2.97. The van der Waals surface area contributed by atoms with Crippen LogP contribution in [0.3, 0.4) is 0 Å². The summed E-state index contributed by atoms with van der Waals surface area (Å²) in [6.45, 7) is 7.62. The first kappa shape index (κ1) is 23.9. The molecule has 0 radical (unpaired) electrons. The zero-order valence-electron chi connectivity index (χ0n) is 20.8. The van der Waals surface area contributed by atoms with E-state index in [9.17, 15) is 10.2 Å². The Morgan fingerprint density at radius 1 is 0.935 bits per heavy atom. The van der Waals surface area contributed by atoms with E-state index >= 15 is 0 Å². The van der Waals surface area contributed by atoms with Crippen molar-refractivity contribution in [3.8, 4) is 0 Å². The molecule has 8 atom stereocenters. The van der Waals surface area contributed by atoms with E-state index in [2.05, 4.69) is 39.9 Å². The van der Waals surface area contributed by atoms with Gasteiger partial charge >= 0.3 is 0 Å². The molecule has 5 nitrogen and oxygen atoms in total. The SMILES string of the molecule is CN(C)CCCON(C)C[C@H]1CC[C@]2(O)[C@@H]3CC[C@@H]4C[C@@H](O)CC[C@]4(C)[C@H]3CC[C@]12C. The van der Waals surface area contributed by atoms with Gasteiger partial charge in [0.2, 0.25) is 0 Å². The Hall–Kier alpha value is -0.200. The number of aliphatic hydroxyl groups is 2. The summed E-state index contributed by atoms with van der Waals surface area (Å²) in [4.78, 5) is 8.21. The van der Waals surface area contributed by atoms with Gasteiger partial charge in [0.25, 0.3) is 0 Å². The van der Waals surface area contributed by atoms with Gasteiger partial charge in [-0.15, -0.1) is 0 Å². The standard InChI is InChI=1S/C26H48N2O3/c1-24-12-10-21(29)17-19(24)7-8-23-22(24)11-13-25(2)20(9-14-26(23,25)30)18-28(5)31-16-6-15-27(3)4/h19-23,29-30H,6-18H2,1-5H3/t19-,20-,21+,22+,23-,24+,25-,26+/m1/s1. The minimum Gasteiger partial charge on any atom is -0.393 e. The van der Waals surface area contributed by atoms with Crippen LogP contribution in [0.15, 0.2) is 0 Å². The molecule has 0 amide bonds. The highest BCUT2D eigenvalue weighted by Crippen LogP contribution is 2.69. The average molecular weight is 437 g/mol. The van der Waals surface area contributed by atoms with Gasteiger partial charge in [0.15, 0.2) is 0 Å². The van der Waals surface area contributed by atoms with Crippen molar-refractivity contribution >= 4 is 0 Å². The second-order valence-electron chi connectivity index (χ2n) is 12.3. The van der Waals surface area contributed by atoms with Gasteiger partial charge in [0.05, 0.1) is 18.3 Å². The number of nitrogens with zero attached hydrogens (tertiary/aromatic N) is 2. The lowest BCUT2D eigenvalue weighted by molar-refractivity contribution is -0.218. The first-order chi connectivity index (χ1) is 14.6. The normalized spacial score (nSPS) is 47.3. The molecule has 0 unspecified atom stereocenters. The predicted octanol–water partition coefficient (Wildman–Crippen LogP) is 3.94. The van der Waals surface area contributed by atoms with Gasteiger partial charge in [-0.05, 0) is 114 Å². The fourth-order valence-corrected chi connectivity index (χ4v) is 8.57. The Morgan fingerprint density at radius 2 is 1.71 bits per heavy atom. The summed E-state index contributed by atoms with van der Waals surface area (Å²) in [7, 11) is 6.27. The van der Waals surface area contributed by atoms with Crippen LogP contribution < -0.4 is 0 Å². The van der Waals surface area contributed by atoms with E-state index in [4.69, 9.17) is 4.84 Å². The van der Waals surface area contributed by atoms with E-state index in [1.54, 1.807) is 0 Å². The molecule has 4 aliphatic carbocycles. The van der Waals surface area contributed by atoms with E-state index in [-0.39, 0.29) is 11.5 Å². The molecule has 0 aromatic heterocycles. The number of hydrogen-bond donors (Lipinski definition) is 2. The van der Waals surface area contributed by atoms with Crippen LogP contribution in [0.4, 0.5) is 0 Å². The highest BCUT2D eigenvalue weighted by atomic mass is 16.7. The summed E-state index contributed by atoms with van der Waals surface area (Å²) in [6, 6.07) is 0. The molecule has 4 aliphatic rings. The monoisotopic (exact) mass is 436 g/mol. The van der Waals surface area contributed by atoms with E-state index in [1.807, 2.05) is 5.06 Å². The number of rotatable bonds is 7. The zero-order chi connectivity index (χ0) is 22.4. The topological polar surface area (TPSA) is 56.2 Å². The second-order valence-corrected chi connectivity index (χ2v) is 12.3. The van der Waals surface area contributed by atoms with Crippen LogP contribution in [0.25, 0.3) is 0 Å². The summed E-state index contributed by atoms with van der Waals surface area (Å²) in [6.07, 6.45) is 10.8. The molecule has 0 aliphatic heterocycles. The van der Waals surface area contributed by atoms with E-state index in [0.29, 0.717) is 29.1 Å². The third-order valence-corrected chi connectivity index (χ3v) is 10.6. The number of aliphatic hydroxyl groups excluding tert-OH is 1. The van der Waals surface area contributed by atoms with E-state index in [1.165, 1.54) is 12.8 Å². The lowest BCUT2D eigenvalue weighted by Crippen LogP contribution is -2.62. The fraction of sp³-hybridized carbons (Fsp3) is 1.00. The van der Waals surface area contributed by atoms with Crippen LogP contribution in [0, 0.1) is 34.5 Å². The fourth-order valence-electron chi connectivity index (χ4n) is 8.57. The van der Waals surface area contributed by atoms with Crippen molar-refractivity contribution in [1.82, 2.24) is 9.96 Å². The Balaban J connectivity index is 1.42. The molecular weight excluding hydrogens is 388 g/mol. The maximum Gasteiger partial charge on any atom is 0.0735 e. The minimum atomic E-state index is -0.531. The molecular formula is C26H48N2O3. The zero-order valence-corrected chi connectivity index (χ0v) is 20.8. The maximum absolute atomic E-state index is 12.3. The number of hydroxylamine groups is 2. The van der Waals surface area contributed by atoms with Crippen LogP contribution in [0.1, 0.15) is 78.1 Å². The molecule has 2 N–H and O–H groups in total. The van der Waals surface area contributed by atoms with Gasteiger partial charge in [0.1, 0.15) is 0 Å². The first-order valence-electron chi connectivity index (χ1n) is 13.0. The highest BCUT2D eigenvalue weighted by molar-refractivity contribution is 5.16. The van der Waals surface area contributed by atoms with Crippen molar-refractivity contribution in [1.29, 1.82) is 0 Å². The van der Waals surface area contributed by atoms with Crippen molar-refractivity contribution in [2.45, 2.75) is 89.8 Å². The van der Waals surface area contributed by atoms with Crippen LogP contribution >= 0.6 is 0 Å². The largest absolute Gasteiger partial charge is 0.393 e. The molecule has 5 heteroatoms. The Bertz CT molecular complexity index is 630. The van der Waals surface area contributed by atoms with E-state index in [0.717, 1.165) is 71.1 Å². The van der Waals surface area contributed by atoms with Crippen LogP contribution in [0.2, 0.25) is 0 Å².